The maximum Gasteiger partial charge on any atom is 0.223 e. The topological polar surface area (TPSA) is 26.8 Å². The number of nitrogens with zero attached hydrogens (tertiary/aromatic N) is 3. The highest BCUT2D eigenvalue weighted by atomic mass is 16.2. The predicted molar refractivity (Wildman–Crippen MR) is 95.3 cm³/mol. The zero-order valence-electron chi connectivity index (χ0n) is 14.7. The predicted octanol–water partition coefficient (Wildman–Crippen LogP) is 2.45. The Hall–Kier alpha value is -1.39. The van der Waals surface area contributed by atoms with Gasteiger partial charge in [-0.05, 0) is 12.0 Å². The molecule has 1 heterocycles. The summed E-state index contributed by atoms with van der Waals surface area (Å²) in [5.74, 6) is 0.283. The third kappa shape index (κ3) is 6.32. The summed E-state index contributed by atoms with van der Waals surface area (Å²) < 4.78 is 0. The van der Waals surface area contributed by atoms with Crippen molar-refractivity contribution in [1.29, 1.82) is 0 Å². The number of hydrogen-bond donors (Lipinski definition) is 0. The fraction of sp³-hybridized carbons (Fsp3) is 0.632. The van der Waals surface area contributed by atoms with Crippen molar-refractivity contribution < 1.29 is 4.79 Å². The minimum absolute atomic E-state index is 0.283. The molecule has 1 aromatic carbocycles. The number of carbonyl (C=O) groups is 1. The van der Waals surface area contributed by atoms with Crippen LogP contribution in [0, 0.1) is 0 Å². The first-order chi connectivity index (χ1) is 11.2. The average molecular weight is 317 g/mol. The third-order valence-corrected chi connectivity index (χ3v) is 4.63. The van der Waals surface area contributed by atoms with E-state index >= 15 is 0 Å². The van der Waals surface area contributed by atoms with Crippen LogP contribution in [-0.2, 0) is 11.3 Å². The van der Waals surface area contributed by atoms with Crippen LogP contribution in [-0.4, -0.2) is 66.9 Å². The molecule has 0 atom stereocenters. The quantitative estimate of drug-likeness (QED) is 0.737. The smallest absolute Gasteiger partial charge is 0.223 e. The normalized spacial score (nSPS) is 16.4. The molecule has 1 saturated heterocycles. The maximum absolute atomic E-state index is 12.1. The Morgan fingerprint density at radius 3 is 2.39 bits per heavy atom. The van der Waals surface area contributed by atoms with Crippen LogP contribution in [0.2, 0.25) is 0 Å². The third-order valence-electron chi connectivity index (χ3n) is 4.63. The summed E-state index contributed by atoms with van der Waals surface area (Å²) in [7, 11) is 1.93. The monoisotopic (exact) mass is 317 g/mol. The highest BCUT2D eigenvalue weighted by molar-refractivity contribution is 5.76. The zero-order valence-corrected chi connectivity index (χ0v) is 14.7. The van der Waals surface area contributed by atoms with Gasteiger partial charge in [0.2, 0.25) is 5.91 Å². The van der Waals surface area contributed by atoms with Gasteiger partial charge < -0.3 is 9.80 Å². The molecule has 1 amide bonds. The molecule has 4 heteroatoms. The summed E-state index contributed by atoms with van der Waals surface area (Å²) in [4.78, 5) is 18.9. The van der Waals surface area contributed by atoms with Gasteiger partial charge in [-0.25, -0.2) is 0 Å². The molecule has 1 aliphatic rings. The van der Waals surface area contributed by atoms with E-state index in [9.17, 15) is 4.79 Å². The Labute approximate surface area is 141 Å². The SMILES string of the molecule is CCCCN(C)C(=O)CCN1CCN(Cc2ccccc2)CC1. The fourth-order valence-electron chi connectivity index (χ4n) is 2.98. The number of carbonyl (C=O) groups excluding carboxylic acids is 1. The molecule has 0 spiro atoms. The van der Waals surface area contributed by atoms with Crippen LogP contribution >= 0.6 is 0 Å². The lowest BCUT2D eigenvalue weighted by atomic mass is 10.2. The molecule has 1 aromatic rings. The van der Waals surface area contributed by atoms with Crippen LogP contribution in [0.25, 0.3) is 0 Å². The van der Waals surface area contributed by atoms with Gasteiger partial charge in [-0.2, -0.15) is 0 Å². The van der Waals surface area contributed by atoms with E-state index in [1.807, 2.05) is 11.9 Å². The Morgan fingerprint density at radius 1 is 1.09 bits per heavy atom. The van der Waals surface area contributed by atoms with E-state index in [2.05, 4.69) is 47.1 Å². The molecule has 0 N–H and O–H groups in total. The lowest BCUT2D eigenvalue weighted by molar-refractivity contribution is -0.130. The Bertz CT molecular complexity index is 455. The standard InChI is InChI=1S/C19H31N3O/c1-3-4-11-20(2)19(23)10-12-21-13-15-22(16-14-21)17-18-8-6-5-7-9-18/h5-9H,3-4,10-17H2,1-2H3. The number of benzene rings is 1. The number of unbranched alkanes of at least 4 members (excludes halogenated alkanes) is 1. The lowest BCUT2D eigenvalue weighted by Gasteiger charge is -2.34. The van der Waals surface area contributed by atoms with Crippen LogP contribution in [0.1, 0.15) is 31.7 Å². The molecule has 1 fully saturated rings. The molecule has 0 unspecified atom stereocenters. The van der Waals surface area contributed by atoms with Crippen molar-refractivity contribution in [2.75, 3.05) is 46.3 Å². The fourth-order valence-corrected chi connectivity index (χ4v) is 2.98. The molecular formula is C19H31N3O. The van der Waals surface area contributed by atoms with Gasteiger partial charge in [0.05, 0.1) is 0 Å². The summed E-state index contributed by atoms with van der Waals surface area (Å²) in [6, 6.07) is 10.7. The van der Waals surface area contributed by atoms with Gasteiger partial charge in [-0.1, -0.05) is 43.7 Å². The van der Waals surface area contributed by atoms with E-state index in [4.69, 9.17) is 0 Å². The number of rotatable bonds is 8. The Balaban J connectivity index is 1.64. The highest BCUT2D eigenvalue weighted by Gasteiger charge is 2.18. The molecule has 0 saturated carbocycles. The Morgan fingerprint density at radius 2 is 1.74 bits per heavy atom. The van der Waals surface area contributed by atoms with Gasteiger partial charge in [0.25, 0.3) is 0 Å². The summed E-state index contributed by atoms with van der Waals surface area (Å²) in [5.41, 5.74) is 1.38. The molecular weight excluding hydrogens is 286 g/mol. The van der Waals surface area contributed by atoms with Crippen LogP contribution < -0.4 is 0 Å². The summed E-state index contributed by atoms with van der Waals surface area (Å²) in [5, 5.41) is 0. The van der Waals surface area contributed by atoms with Gasteiger partial charge in [0.15, 0.2) is 0 Å². The van der Waals surface area contributed by atoms with E-state index in [0.717, 1.165) is 58.7 Å². The van der Waals surface area contributed by atoms with Crippen molar-refractivity contribution in [2.24, 2.45) is 0 Å². The van der Waals surface area contributed by atoms with E-state index in [1.165, 1.54) is 5.56 Å². The second-order valence-corrected chi connectivity index (χ2v) is 6.52. The number of hydrogen-bond acceptors (Lipinski definition) is 3. The molecule has 1 aliphatic heterocycles. The van der Waals surface area contributed by atoms with Crippen molar-refractivity contribution in [1.82, 2.24) is 14.7 Å². The summed E-state index contributed by atoms with van der Waals surface area (Å²) >= 11 is 0. The molecule has 0 bridgehead atoms. The van der Waals surface area contributed by atoms with E-state index in [1.54, 1.807) is 0 Å². The molecule has 4 nitrogen and oxygen atoms in total. The van der Waals surface area contributed by atoms with E-state index in [0.29, 0.717) is 6.42 Å². The van der Waals surface area contributed by atoms with Gasteiger partial charge in [-0.3, -0.25) is 9.69 Å². The summed E-state index contributed by atoms with van der Waals surface area (Å²) in [6.45, 7) is 9.30. The average Bonchev–Trinajstić information content (AvgIpc) is 2.59. The molecule has 0 aliphatic carbocycles. The van der Waals surface area contributed by atoms with Crippen LogP contribution in [0.3, 0.4) is 0 Å². The van der Waals surface area contributed by atoms with Crippen molar-refractivity contribution in [3.05, 3.63) is 35.9 Å². The first-order valence-electron chi connectivity index (χ1n) is 8.91. The second-order valence-electron chi connectivity index (χ2n) is 6.52. The number of amides is 1. The lowest BCUT2D eigenvalue weighted by Crippen LogP contribution is -2.46. The van der Waals surface area contributed by atoms with E-state index in [-0.39, 0.29) is 5.91 Å². The van der Waals surface area contributed by atoms with E-state index < -0.39 is 0 Å². The minimum atomic E-state index is 0.283. The second kappa shape index (κ2) is 9.68. The van der Waals surface area contributed by atoms with Crippen LogP contribution in [0.5, 0.6) is 0 Å². The Kier molecular flexibility index (Phi) is 7.56. The summed E-state index contributed by atoms with van der Waals surface area (Å²) in [6.07, 6.45) is 2.89. The van der Waals surface area contributed by atoms with Crippen LogP contribution in [0.15, 0.2) is 30.3 Å². The van der Waals surface area contributed by atoms with Crippen molar-refractivity contribution >= 4 is 5.91 Å². The van der Waals surface area contributed by atoms with Gasteiger partial charge in [0.1, 0.15) is 0 Å². The van der Waals surface area contributed by atoms with Gasteiger partial charge in [-0.15, -0.1) is 0 Å². The van der Waals surface area contributed by atoms with Crippen LogP contribution in [0.4, 0.5) is 0 Å². The molecule has 128 valence electrons. The van der Waals surface area contributed by atoms with Crippen molar-refractivity contribution in [3.63, 3.8) is 0 Å². The maximum atomic E-state index is 12.1. The number of piperazine rings is 1. The largest absolute Gasteiger partial charge is 0.346 e. The molecule has 2 rings (SSSR count). The molecule has 23 heavy (non-hydrogen) atoms. The zero-order chi connectivity index (χ0) is 16.5. The van der Waals surface area contributed by atoms with Crippen molar-refractivity contribution in [3.8, 4) is 0 Å². The van der Waals surface area contributed by atoms with Gasteiger partial charge >= 0.3 is 0 Å². The first-order valence-corrected chi connectivity index (χ1v) is 8.91. The highest BCUT2D eigenvalue weighted by Crippen LogP contribution is 2.09. The molecule has 0 radical (unpaired) electrons. The van der Waals surface area contributed by atoms with Crippen molar-refractivity contribution in [2.45, 2.75) is 32.7 Å². The molecule has 0 aromatic heterocycles. The first kappa shape index (κ1) is 18.0. The van der Waals surface area contributed by atoms with Gasteiger partial charge in [0, 0.05) is 59.3 Å². The minimum Gasteiger partial charge on any atom is -0.346 e.